The van der Waals surface area contributed by atoms with Crippen molar-refractivity contribution >= 4 is 46.1 Å². The maximum Gasteiger partial charge on any atom is 0.238 e. The van der Waals surface area contributed by atoms with Gasteiger partial charge in [0.2, 0.25) is 11.8 Å². The van der Waals surface area contributed by atoms with Crippen molar-refractivity contribution < 1.29 is 9.53 Å². The van der Waals surface area contributed by atoms with Crippen LogP contribution in [0.1, 0.15) is 5.56 Å². The highest BCUT2D eigenvalue weighted by Crippen LogP contribution is 2.29. The van der Waals surface area contributed by atoms with Gasteiger partial charge in [0, 0.05) is 11.9 Å². The summed E-state index contributed by atoms with van der Waals surface area (Å²) in [7, 11) is 0. The summed E-state index contributed by atoms with van der Waals surface area (Å²) in [6.07, 6.45) is 1.81. The third kappa shape index (κ3) is 4.47. The molecule has 0 aliphatic rings. The molecule has 0 saturated carbocycles. The third-order valence-electron chi connectivity index (χ3n) is 3.07. The van der Waals surface area contributed by atoms with Gasteiger partial charge in [0.05, 0.1) is 11.4 Å². The Morgan fingerprint density at radius 2 is 2.00 bits per heavy atom. The summed E-state index contributed by atoms with van der Waals surface area (Å²) in [5, 5.41) is 7.52. The zero-order valence-corrected chi connectivity index (χ0v) is 14.7. The van der Waals surface area contributed by atoms with Gasteiger partial charge in [-0.3, -0.25) is 4.79 Å². The molecule has 3 rings (SSSR count). The molecule has 0 aliphatic heterocycles. The van der Waals surface area contributed by atoms with E-state index in [4.69, 9.17) is 27.9 Å². The lowest BCUT2D eigenvalue weighted by atomic mass is 10.2. The van der Waals surface area contributed by atoms with Crippen molar-refractivity contribution in [3.8, 4) is 11.6 Å². The van der Waals surface area contributed by atoms with Crippen molar-refractivity contribution in [2.24, 2.45) is 0 Å². The monoisotopic (exact) mass is 378 g/mol. The molecule has 0 atom stereocenters. The average Bonchev–Trinajstić information content (AvgIpc) is 3.04. The summed E-state index contributed by atoms with van der Waals surface area (Å²) < 4.78 is 5.60. The van der Waals surface area contributed by atoms with Crippen LogP contribution in [0.25, 0.3) is 0 Å². The molecule has 2 aromatic heterocycles. The number of ether oxygens (including phenoxy) is 1. The predicted octanol–water partition coefficient (Wildman–Crippen LogP) is 5.42. The summed E-state index contributed by atoms with van der Waals surface area (Å²) >= 11 is 13.4. The number of hydrogen-bond donors (Lipinski definition) is 1. The van der Waals surface area contributed by atoms with E-state index >= 15 is 0 Å². The number of thiophene rings is 1. The molecule has 7 heteroatoms. The van der Waals surface area contributed by atoms with E-state index in [1.165, 1.54) is 6.20 Å². The minimum atomic E-state index is -0.0653. The Bertz CT molecular complexity index is 836. The average molecular weight is 379 g/mol. The highest BCUT2D eigenvalue weighted by Gasteiger charge is 2.07. The number of halogens is 2. The first kappa shape index (κ1) is 16.8. The van der Waals surface area contributed by atoms with Crippen molar-refractivity contribution in [3.05, 3.63) is 69.0 Å². The largest absolute Gasteiger partial charge is 0.438 e. The number of hydrogen-bond acceptors (Lipinski definition) is 4. The van der Waals surface area contributed by atoms with E-state index in [9.17, 15) is 4.79 Å². The number of carbonyl (C=O) groups excluding carboxylic acids is 1. The van der Waals surface area contributed by atoms with Crippen LogP contribution in [0, 0.1) is 0 Å². The summed E-state index contributed by atoms with van der Waals surface area (Å²) in [4.78, 5) is 16.0. The van der Waals surface area contributed by atoms with Crippen molar-refractivity contribution in [3.63, 3.8) is 0 Å². The number of pyridine rings is 1. The highest BCUT2D eigenvalue weighted by atomic mass is 35.5. The van der Waals surface area contributed by atoms with Gasteiger partial charge in [-0.25, -0.2) is 4.98 Å². The second-order valence-corrected chi connectivity index (χ2v) is 6.55. The molecule has 0 aliphatic carbocycles. The number of amides is 1. The lowest BCUT2D eigenvalue weighted by Crippen LogP contribution is -2.13. The van der Waals surface area contributed by atoms with Crippen molar-refractivity contribution in [1.82, 2.24) is 4.98 Å². The molecule has 0 spiro atoms. The Kier molecular flexibility index (Phi) is 5.35. The third-order valence-corrected chi connectivity index (χ3v) is 4.28. The molecular formula is C17H12Cl2N2O2S. The number of anilines is 1. The first-order valence-electron chi connectivity index (χ1n) is 7.00. The summed E-state index contributed by atoms with van der Waals surface area (Å²) in [6.45, 7) is 0. The van der Waals surface area contributed by atoms with Gasteiger partial charge in [0.15, 0.2) is 0 Å². The molecule has 0 fully saturated rings. The van der Waals surface area contributed by atoms with E-state index in [-0.39, 0.29) is 11.8 Å². The van der Waals surface area contributed by atoms with Gasteiger partial charge in [-0.15, -0.1) is 0 Å². The summed E-state index contributed by atoms with van der Waals surface area (Å²) in [6, 6.07) is 10.5. The van der Waals surface area contributed by atoms with Crippen LogP contribution in [0.2, 0.25) is 10.0 Å². The Morgan fingerprint density at radius 3 is 2.67 bits per heavy atom. The Balaban J connectivity index is 1.61. The fourth-order valence-corrected chi connectivity index (χ4v) is 3.07. The summed E-state index contributed by atoms with van der Waals surface area (Å²) in [5.41, 5.74) is 1.69. The van der Waals surface area contributed by atoms with Crippen molar-refractivity contribution in [2.75, 3.05) is 5.32 Å². The smallest absolute Gasteiger partial charge is 0.238 e. The number of benzene rings is 1. The first-order valence-corrected chi connectivity index (χ1v) is 8.70. The number of carbonyl (C=O) groups is 1. The van der Waals surface area contributed by atoms with Gasteiger partial charge < -0.3 is 10.1 Å². The first-order chi connectivity index (χ1) is 11.6. The van der Waals surface area contributed by atoms with Gasteiger partial charge in [-0.05, 0) is 52.7 Å². The van der Waals surface area contributed by atoms with Gasteiger partial charge in [-0.1, -0.05) is 23.2 Å². The Labute approximate surface area is 153 Å². The van der Waals surface area contributed by atoms with E-state index in [0.29, 0.717) is 27.9 Å². The van der Waals surface area contributed by atoms with Crippen molar-refractivity contribution in [1.29, 1.82) is 0 Å². The molecule has 1 amide bonds. The molecule has 0 radical (unpaired) electrons. The van der Waals surface area contributed by atoms with E-state index < -0.39 is 0 Å². The SMILES string of the molecule is O=C(Cc1ccsc1)Nc1ccc(Oc2ncc(Cl)cc2Cl)cc1. The molecule has 3 aromatic rings. The minimum absolute atomic E-state index is 0.0653. The van der Waals surface area contributed by atoms with E-state index in [0.717, 1.165) is 5.56 Å². The van der Waals surface area contributed by atoms with Crippen molar-refractivity contribution in [2.45, 2.75) is 6.42 Å². The van der Waals surface area contributed by atoms with Gasteiger partial charge >= 0.3 is 0 Å². The van der Waals surface area contributed by atoms with Crippen LogP contribution in [0.15, 0.2) is 53.4 Å². The summed E-state index contributed by atoms with van der Waals surface area (Å²) in [5.74, 6) is 0.766. The number of rotatable bonds is 5. The van der Waals surface area contributed by atoms with Gasteiger partial charge in [-0.2, -0.15) is 11.3 Å². The highest BCUT2D eigenvalue weighted by molar-refractivity contribution is 7.08. The van der Waals surface area contributed by atoms with Crippen LogP contribution < -0.4 is 10.1 Å². The number of aromatic nitrogens is 1. The topological polar surface area (TPSA) is 51.2 Å². The van der Waals surface area contributed by atoms with E-state index in [1.807, 2.05) is 16.8 Å². The molecule has 24 heavy (non-hydrogen) atoms. The molecule has 0 bridgehead atoms. The fourth-order valence-electron chi connectivity index (χ4n) is 1.98. The molecule has 122 valence electrons. The van der Waals surface area contributed by atoms with Crippen LogP contribution in [-0.4, -0.2) is 10.9 Å². The molecule has 4 nitrogen and oxygen atoms in total. The van der Waals surface area contributed by atoms with E-state index in [1.54, 1.807) is 41.7 Å². The molecule has 2 heterocycles. The molecule has 0 saturated heterocycles. The number of nitrogens with one attached hydrogen (secondary N) is 1. The minimum Gasteiger partial charge on any atom is -0.438 e. The normalized spacial score (nSPS) is 10.4. The zero-order chi connectivity index (χ0) is 16.9. The maximum atomic E-state index is 12.0. The van der Waals surface area contributed by atoms with E-state index in [2.05, 4.69) is 10.3 Å². The standard InChI is InChI=1S/C17H12Cl2N2O2S/c18-12-8-15(19)17(20-9-12)23-14-3-1-13(2-4-14)21-16(22)7-11-5-6-24-10-11/h1-6,8-10H,7H2,(H,21,22). The predicted molar refractivity (Wildman–Crippen MR) is 97.4 cm³/mol. The lowest BCUT2D eigenvalue weighted by Gasteiger charge is -2.08. The number of nitrogens with zero attached hydrogens (tertiary/aromatic N) is 1. The quantitative estimate of drug-likeness (QED) is 0.644. The fraction of sp³-hybridized carbons (Fsp3) is 0.0588. The van der Waals surface area contributed by atoms with Gasteiger partial charge in [0.1, 0.15) is 10.8 Å². The Morgan fingerprint density at radius 1 is 1.21 bits per heavy atom. The molecule has 1 N–H and O–H groups in total. The van der Waals surface area contributed by atoms with Crippen LogP contribution in [0.5, 0.6) is 11.6 Å². The second-order valence-electron chi connectivity index (χ2n) is 4.92. The maximum absolute atomic E-state index is 12.0. The van der Waals surface area contributed by atoms with Crippen LogP contribution in [-0.2, 0) is 11.2 Å². The molecule has 0 unspecified atom stereocenters. The zero-order valence-electron chi connectivity index (χ0n) is 12.3. The molecule has 1 aromatic carbocycles. The lowest BCUT2D eigenvalue weighted by molar-refractivity contribution is -0.115. The van der Waals surface area contributed by atoms with Crippen LogP contribution >= 0.6 is 34.5 Å². The van der Waals surface area contributed by atoms with Crippen LogP contribution in [0.4, 0.5) is 5.69 Å². The molecular weight excluding hydrogens is 367 g/mol. The van der Waals surface area contributed by atoms with Gasteiger partial charge in [0.25, 0.3) is 0 Å². The second kappa shape index (κ2) is 7.66. The Hall–Kier alpha value is -2.08. The van der Waals surface area contributed by atoms with Crippen LogP contribution in [0.3, 0.4) is 0 Å².